The van der Waals surface area contributed by atoms with E-state index in [0.717, 1.165) is 6.07 Å². The molecule has 0 aliphatic carbocycles. The Morgan fingerprint density at radius 2 is 2.10 bits per heavy atom. The van der Waals surface area contributed by atoms with E-state index < -0.39 is 22.2 Å². The lowest BCUT2D eigenvalue weighted by atomic mass is 10.1. The average molecular weight is 317 g/mol. The van der Waals surface area contributed by atoms with Crippen molar-refractivity contribution in [1.29, 1.82) is 0 Å². The Morgan fingerprint density at radius 3 is 2.62 bits per heavy atom. The molecule has 0 aliphatic rings. The van der Waals surface area contributed by atoms with Crippen LogP contribution in [0, 0.1) is 10.1 Å². The quantitative estimate of drug-likeness (QED) is 0.364. The number of ether oxygens (including phenoxy) is 2. The Labute approximate surface area is 125 Å². The number of methoxy groups -OCH3 is 2. The molecule has 0 aromatic heterocycles. The molecule has 0 spiro atoms. The maximum atomic E-state index is 11.8. The zero-order chi connectivity index (χ0) is 16.0. The number of hydrogen-bond donors (Lipinski definition) is 1. The lowest BCUT2D eigenvalue weighted by Gasteiger charge is -2.09. The first-order valence-electron chi connectivity index (χ1n) is 5.73. The number of benzene rings is 1. The van der Waals surface area contributed by atoms with Crippen LogP contribution in [0.1, 0.15) is 10.4 Å². The largest absolute Gasteiger partial charge is 0.490 e. The molecule has 0 radical (unpaired) electrons. The molecule has 1 aromatic carbocycles. The number of nitro benzene ring substituents is 1. The molecule has 0 saturated heterocycles. The topological polar surface area (TPSA) is 108 Å². The predicted molar refractivity (Wildman–Crippen MR) is 73.6 cm³/mol. The number of hydrogen-bond acceptors (Lipinski definition) is 6. The van der Waals surface area contributed by atoms with Crippen molar-refractivity contribution in [1.82, 2.24) is 5.32 Å². The van der Waals surface area contributed by atoms with Gasteiger partial charge in [-0.15, -0.1) is 11.6 Å². The van der Waals surface area contributed by atoms with Gasteiger partial charge in [-0.25, -0.2) is 0 Å². The number of nitrogens with one attached hydrogen (secondary N) is 1. The number of carbonyl (C=O) groups excluding carboxylic acids is 2. The summed E-state index contributed by atoms with van der Waals surface area (Å²) in [7, 11) is 2.46. The smallest absolute Gasteiger partial charge is 0.325 e. The highest BCUT2D eigenvalue weighted by Crippen LogP contribution is 2.27. The van der Waals surface area contributed by atoms with Gasteiger partial charge in [-0.1, -0.05) is 0 Å². The van der Waals surface area contributed by atoms with Gasteiger partial charge in [0.1, 0.15) is 5.38 Å². The molecule has 0 bridgehead atoms. The first-order chi connectivity index (χ1) is 9.90. The van der Waals surface area contributed by atoms with Gasteiger partial charge in [0, 0.05) is 18.2 Å². The fourth-order valence-corrected chi connectivity index (χ4v) is 1.64. The summed E-state index contributed by atoms with van der Waals surface area (Å²) in [6.07, 6.45) is 0. The number of amides is 1. The van der Waals surface area contributed by atoms with Crippen molar-refractivity contribution in [2.75, 3.05) is 20.8 Å². The van der Waals surface area contributed by atoms with Gasteiger partial charge in [0.15, 0.2) is 5.75 Å². The van der Waals surface area contributed by atoms with E-state index in [1.54, 1.807) is 0 Å². The van der Waals surface area contributed by atoms with Crippen LogP contribution in [0.3, 0.4) is 0 Å². The Hall–Kier alpha value is -2.35. The summed E-state index contributed by atoms with van der Waals surface area (Å²) >= 11 is 5.67. The standard InChI is InChI=1S/C12H13ClN2O6/c1-20-10-4-3-7(5-9(10)15(18)19)11(16)14-6-8(13)12(17)21-2/h3-5,8H,6H2,1-2H3,(H,14,16). The number of halogens is 1. The van der Waals surface area contributed by atoms with E-state index in [1.807, 2.05) is 0 Å². The maximum absolute atomic E-state index is 11.8. The van der Waals surface area contributed by atoms with E-state index in [1.165, 1.54) is 26.4 Å². The highest BCUT2D eigenvalue weighted by Gasteiger charge is 2.20. The minimum Gasteiger partial charge on any atom is -0.490 e. The van der Waals surface area contributed by atoms with Crippen LogP contribution in [0.5, 0.6) is 5.75 Å². The van der Waals surface area contributed by atoms with Crippen LogP contribution in [0.4, 0.5) is 5.69 Å². The minimum absolute atomic E-state index is 0.0429. The molecule has 0 aliphatic heterocycles. The SMILES string of the molecule is COC(=O)C(Cl)CNC(=O)c1ccc(OC)c([N+](=O)[O-])c1. The third-order valence-electron chi connectivity index (χ3n) is 2.54. The molecular formula is C12H13ClN2O6. The second-order valence-electron chi connectivity index (χ2n) is 3.84. The van der Waals surface area contributed by atoms with Crippen molar-refractivity contribution >= 4 is 29.2 Å². The van der Waals surface area contributed by atoms with Crippen molar-refractivity contribution in [3.05, 3.63) is 33.9 Å². The van der Waals surface area contributed by atoms with Crippen LogP contribution in [0.25, 0.3) is 0 Å². The van der Waals surface area contributed by atoms with Crippen LogP contribution in [-0.2, 0) is 9.53 Å². The molecule has 1 N–H and O–H groups in total. The van der Waals surface area contributed by atoms with E-state index in [9.17, 15) is 19.7 Å². The van der Waals surface area contributed by atoms with Crippen molar-refractivity contribution in [2.45, 2.75) is 5.38 Å². The third-order valence-corrected chi connectivity index (χ3v) is 2.87. The van der Waals surface area contributed by atoms with Gasteiger partial charge in [-0.05, 0) is 12.1 Å². The highest BCUT2D eigenvalue weighted by molar-refractivity contribution is 6.30. The van der Waals surface area contributed by atoms with Gasteiger partial charge in [0.05, 0.1) is 19.1 Å². The van der Waals surface area contributed by atoms with Gasteiger partial charge in [-0.2, -0.15) is 0 Å². The van der Waals surface area contributed by atoms with Gasteiger partial charge in [-0.3, -0.25) is 19.7 Å². The number of nitrogens with zero attached hydrogens (tertiary/aromatic N) is 1. The fourth-order valence-electron chi connectivity index (χ4n) is 1.47. The van der Waals surface area contributed by atoms with Gasteiger partial charge < -0.3 is 14.8 Å². The van der Waals surface area contributed by atoms with Crippen LogP contribution in [0.15, 0.2) is 18.2 Å². The van der Waals surface area contributed by atoms with Crippen molar-refractivity contribution < 1.29 is 24.0 Å². The summed E-state index contributed by atoms with van der Waals surface area (Å²) < 4.78 is 9.23. The van der Waals surface area contributed by atoms with E-state index >= 15 is 0 Å². The summed E-state index contributed by atoms with van der Waals surface area (Å²) in [5.41, 5.74) is -0.281. The predicted octanol–water partition coefficient (Wildman–Crippen LogP) is 1.11. The molecule has 1 aromatic rings. The molecule has 0 fully saturated rings. The first kappa shape index (κ1) is 16.7. The molecule has 1 atom stereocenters. The zero-order valence-corrected chi connectivity index (χ0v) is 12.0. The zero-order valence-electron chi connectivity index (χ0n) is 11.3. The van der Waals surface area contributed by atoms with Gasteiger partial charge in [0.2, 0.25) is 0 Å². The number of esters is 1. The Bertz CT molecular complexity index is 563. The molecule has 0 heterocycles. The molecule has 8 nitrogen and oxygen atoms in total. The minimum atomic E-state index is -1.04. The average Bonchev–Trinajstić information content (AvgIpc) is 2.50. The molecule has 21 heavy (non-hydrogen) atoms. The van der Waals surface area contributed by atoms with Crippen LogP contribution in [0.2, 0.25) is 0 Å². The Kier molecular flexibility index (Phi) is 5.92. The molecule has 9 heteroatoms. The number of alkyl halides is 1. The summed E-state index contributed by atoms with van der Waals surface area (Å²) in [5, 5.41) is 12.2. The van der Waals surface area contributed by atoms with E-state index in [0.29, 0.717) is 0 Å². The van der Waals surface area contributed by atoms with Crippen molar-refractivity contribution in [2.24, 2.45) is 0 Å². The normalized spacial score (nSPS) is 11.4. The molecule has 114 valence electrons. The lowest BCUT2D eigenvalue weighted by molar-refractivity contribution is -0.385. The Balaban J connectivity index is 2.81. The van der Waals surface area contributed by atoms with E-state index in [-0.39, 0.29) is 23.5 Å². The Morgan fingerprint density at radius 1 is 1.43 bits per heavy atom. The summed E-state index contributed by atoms with van der Waals surface area (Å²) in [5.74, 6) is -1.24. The van der Waals surface area contributed by atoms with Crippen LogP contribution < -0.4 is 10.1 Å². The molecular weight excluding hydrogens is 304 g/mol. The summed E-state index contributed by atoms with van der Waals surface area (Å²) in [6.45, 7) is -0.160. The van der Waals surface area contributed by atoms with E-state index in [2.05, 4.69) is 10.1 Å². The van der Waals surface area contributed by atoms with Crippen molar-refractivity contribution in [3.63, 3.8) is 0 Å². The molecule has 1 amide bonds. The number of carbonyl (C=O) groups is 2. The monoisotopic (exact) mass is 316 g/mol. The molecule has 0 saturated carbocycles. The van der Waals surface area contributed by atoms with E-state index in [4.69, 9.17) is 16.3 Å². The molecule has 1 unspecified atom stereocenters. The second-order valence-corrected chi connectivity index (χ2v) is 4.37. The highest BCUT2D eigenvalue weighted by atomic mass is 35.5. The van der Waals surface area contributed by atoms with Gasteiger partial charge in [0.25, 0.3) is 5.91 Å². The lowest BCUT2D eigenvalue weighted by Crippen LogP contribution is -2.34. The summed E-state index contributed by atoms with van der Waals surface area (Å²) in [4.78, 5) is 33.1. The third kappa shape index (κ3) is 4.32. The maximum Gasteiger partial charge on any atom is 0.325 e. The molecule has 1 rings (SSSR count). The summed E-state index contributed by atoms with van der Waals surface area (Å²) in [6, 6.07) is 3.75. The van der Waals surface area contributed by atoms with Gasteiger partial charge >= 0.3 is 11.7 Å². The number of nitro groups is 1. The number of rotatable bonds is 6. The first-order valence-corrected chi connectivity index (χ1v) is 6.16. The van der Waals surface area contributed by atoms with Crippen LogP contribution in [-0.4, -0.2) is 42.9 Å². The van der Waals surface area contributed by atoms with Crippen LogP contribution >= 0.6 is 11.6 Å². The van der Waals surface area contributed by atoms with Crippen molar-refractivity contribution in [3.8, 4) is 5.75 Å². The fraction of sp³-hybridized carbons (Fsp3) is 0.333. The second kappa shape index (κ2) is 7.44.